The van der Waals surface area contributed by atoms with Crippen molar-refractivity contribution >= 4 is 0 Å². The number of hydrogen-bond acceptors (Lipinski definition) is 3. The molecule has 0 spiro atoms. The van der Waals surface area contributed by atoms with Gasteiger partial charge in [-0.05, 0) is 31.0 Å². The Morgan fingerprint density at radius 2 is 2.16 bits per heavy atom. The summed E-state index contributed by atoms with van der Waals surface area (Å²) in [5, 5.41) is 12.7. The molecule has 3 nitrogen and oxygen atoms in total. The van der Waals surface area contributed by atoms with Crippen LogP contribution >= 0.6 is 0 Å². The van der Waals surface area contributed by atoms with Crippen LogP contribution in [0.25, 0.3) is 0 Å². The zero-order chi connectivity index (χ0) is 14.5. The Morgan fingerprint density at radius 1 is 1.47 bits per heavy atom. The second-order valence-electron chi connectivity index (χ2n) is 5.32. The van der Waals surface area contributed by atoms with Crippen molar-refractivity contribution in [3.63, 3.8) is 0 Å². The lowest BCUT2D eigenvalue weighted by atomic mass is 9.88. The standard InChI is InChI=1S/C15H24FNO2/c1-5-15(3,10-18)9-17-11(2)12-6-7-14(19-4)13(16)8-12/h6-8,11,17-18H,5,9-10H2,1-4H3. The number of ether oxygens (including phenoxy) is 1. The molecule has 0 saturated heterocycles. The van der Waals surface area contributed by atoms with Gasteiger partial charge in [0.25, 0.3) is 0 Å². The monoisotopic (exact) mass is 269 g/mol. The number of rotatable bonds is 7. The van der Waals surface area contributed by atoms with Crippen molar-refractivity contribution in [3.05, 3.63) is 29.6 Å². The van der Waals surface area contributed by atoms with Gasteiger partial charge in [-0.2, -0.15) is 0 Å². The number of benzene rings is 1. The van der Waals surface area contributed by atoms with Crippen molar-refractivity contribution in [1.82, 2.24) is 5.32 Å². The molecule has 0 radical (unpaired) electrons. The van der Waals surface area contributed by atoms with Crippen LogP contribution in [-0.4, -0.2) is 25.4 Å². The minimum atomic E-state index is -0.353. The van der Waals surface area contributed by atoms with E-state index in [9.17, 15) is 9.50 Å². The highest BCUT2D eigenvalue weighted by molar-refractivity contribution is 5.30. The molecule has 0 amide bonds. The maximum Gasteiger partial charge on any atom is 0.165 e. The fourth-order valence-electron chi connectivity index (χ4n) is 1.76. The molecule has 4 heteroatoms. The van der Waals surface area contributed by atoms with Crippen LogP contribution < -0.4 is 10.1 Å². The summed E-state index contributed by atoms with van der Waals surface area (Å²) in [6.07, 6.45) is 0.889. The third-order valence-electron chi connectivity index (χ3n) is 3.75. The van der Waals surface area contributed by atoms with Gasteiger partial charge in [-0.3, -0.25) is 0 Å². The average Bonchev–Trinajstić information content (AvgIpc) is 2.44. The van der Waals surface area contributed by atoms with Gasteiger partial charge in [0.15, 0.2) is 11.6 Å². The van der Waals surface area contributed by atoms with Gasteiger partial charge in [0.1, 0.15) is 0 Å². The van der Waals surface area contributed by atoms with E-state index in [0.29, 0.717) is 6.54 Å². The molecule has 0 aliphatic heterocycles. The van der Waals surface area contributed by atoms with Gasteiger partial charge < -0.3 is 15.2 Å². The quantitative estimate of drug-likeness (QED) is 0.799. The highest BCUT2D eigenvalue weighted by Crippen LogP contribution is 2.24. The summed E-state index contributed by atoms with van der Waals surface area (Å²) < 4.78 is 18.5. The van der Waals surface area contributed by atoms with Gasteiger partial charge in [-0.1, -0.05) is 19.9 Å². The molecule has 2 atom stereocenters. The molecule has 19 heavy (non-hydrogen) atoms. The molecule has 0 aromatic heterocycles. The minimum absolute atomic E-state index is 0.0258. The first kappa shape index (κ1) is 15.9. The highest BCUT2D eigenvalue weighted by atomic mass is 19.1. The molecule has 2 N–H and O–H groups in total. The summed E-state index contributed by atoms with van der Waals surface area (Å²) in [7, 11) is 1.45. The zero-order valence-electron chi connectivity index (χ0n) is 12.2. The van der Waals surface area contributed by atoms with E-state index in [1.807, 2.05) is 19.9 Å². The second kappa shape index (κ2) is 6.87. The van der Waals surface area contributed by atoms with Crippen LogP contribution in [0.3, 0.4) is 0 Å². The first-order valence-corrected chi connectivity index (χ1v) is 6.63. The maximum atomic E-state index is 13.6. The normalized spacial score (nSPS) is 15.9. The predicted octanol–water partition coefficient (Wildman–Crippen LogP) is 2.89. The Labute approximate surface area is 114 Å². The summed E-state index contributed by atoms with van der Waals surface area (Å²) in [5.41, 5.74) is 0.730. The van der Waals surface area contributed by atoms with E-state index in [1.54, 1.807) is 6.07 Å². The van der Waals surface area contributed by atoms with Crippen LogP contribution in [0, 0.1) is 11.2 Å². The number of hydrogen-bond donors (Lipinski definition) is 2. The molecule has 0 saturated carbocycles. The number of nitrogens with one attached hydrogen (secondary N) is 1. The topological polar surface area (TPSA) is 41.5 Å². The van der Waals surface area contributed by atoms with Crippen LogP contribution in [0.1, 0.15) is 38.8 Å². The number of aliphatic hydroxyl groups excluding tert-OH is 1. The third kappa shape index (κ3) is 4.18. The third-order valence-corrected chi connectivity index (χ3v) is 3.75. The molecule has 1 rings (SSSR count). The molecule has 2 unspecified atom stereocenters. The van der Waals surface area contributed by atoms with Gasteiger partial charge in [-0.15, -0.1) is 0 Å². The van der Waals surface area contributed by atoms with Crippen molar-refractivity contribution in [3.8, 4) is 5.75 Å². The lowest BCUT2D eigenvalue weighted by Gasteiger charge is -2.28. The van der Waals surface area contributed by atoms with E-state index >= 15 is 0 Å². The first-order valence-electron chi connectivity index (χ1n) is 6.63. The van der Waals surface area contributed by atoms with Crippen LogP contribution in [0.4, 0.5) is 4.39 Å². The van der Waals surface area contributed by atoms with Crippen molar-refractivity contribution in [2.45, 2.75) is 33.2 Å². The number of aliphatic hydroxyl groups is 1. The summed E-state index contributed by atoms with van der Waals surface area (Å²) in [4.78, 5) is 0. The van der Waals surface area contributed by atoms with Crippen LogP contribution in [-0.2, 0) is 0 Å². The van der Waals surface area contributed by atoms with Crippen LogP contribution in [0.15, 0.2) is 18.2 Å². The molecule has 0 heterocycles. The van der Waals surface area contributed by atoms with Crippen molar-refractivity contribution in [2.75, 3.05) is 20.3 Å². The number of methoxy groups -OCH3 is 1. The molecule has 108 valence electrons. The van der Waals surface area contributed by atoms with Gasteiger partial charge >= 0.3 is 0 Å². The fraction of sp³-hybridized carbons (Fsp3) is 0.600. The number of halogens is 1. The lowest BCUT2D eigenvalue weighted by molar-refractivity contribution is 0.132. The second-order valence-corrected chi connectivity index (χ2v) is 5.32. The van der Waals surface area contributed by atoms with Gasteiger partial charge in [0, 0.05) is 24.6 Å². The maximum absolute atomic E-state index is 13.6. The van der Waals surface area contributed by atoms with E-state index in [-0.39, 0.29) is 29.6 Å². The van der Waals surface area contributed by atoms with Crippen LogP contribution in [0.5, 0.6) is 5.75 Å². The van der Waals surface area contributed by atoms with Gasteiger partial charge in [-0.25, -0.2) is 4.39 Å². The summed E-state index contributed by atoms with van der Waals surface area (Å²) in [6, 6.07) is 4.99. The Hall–Kier alpha value is -1.13. The highest BCUT2D eigenvalue weighted by Gasteiger charge is 2.21. The van der Waals surface area contributed by atoms with E-state index < -0.39 is 0 Å². The molecular formula is C15H24FNO2. The van der Waals surface area contributed by atoms with Gasteiger partial charge in [0.05, 0.1) is 7.11 Å². The average molecular weight is 269 g/mol. The Kier molecular flexibility index (Phi) is 5.76. The molecule has 0 aliphatic rings. The summed E-state index contributed by atoms with van der Waals surface area (Å²) in [6.45, 7) is 6.89. The smallest absolute Gasteiger partial charge is 0.165 e. The van der Waals surface area contributed by atoms with E-state index in [1.165, 1.54) is 13.2 Å². The SMILES string of the molecule is CCC(C)(CO)CNC(C)c1ccc(OC)c(F)c1. The first-order chi connectivity index (χ1) is 8.95. The van der Waals surface area contributed by atoms with Crippen molar-refractivity contribution in [1.29, 1.82) is 0 Å². The predicted molar refractivity (Wildman–Crippen MR) is 74.9 cm³/mol. The molecule has 0 fully saturated rings. The van der Waals surface area contributed by atoms with E-state index in [0.717, 1.165) is 12.0 Å². The molecule has 1 aromatic carbocycles. The molecule has 1 aromatic rings. The van der Waals surface area contributed by atoms with Crippen molar-refractivity contribution < 1.29 is 14.2 Å². The van der Waals surface area contributed by atoms with Gasteiger partial charge in [0.2, 0.25) is 0 Å². The van der Waals surface area contributed by atoms with Crippen molar-refractivity contribution in [2.24, 2.45) is 5.41 Å². The largest absolute Gasteiger partial charge is 0.494 e. The molecular weight excluding hydrogens is 245 g/mol. The summed E-state index contributed by atoms with van der Waals surface area (Å²) in [5.74, 6) is -0.0984. The molecule has 0 aliphatic carbocycles. The fourth-order valence-corrected chi connectivity index (χ4v) is 1.76. The van der Waals surface area contributed by atoms with E-state index in [4.69, 9.17) is 4.74 Å². The Balaban J connectivity index is 2.68. The Bertz CT molecular complexity index is 405. The zero-order valence-corrected chi connectivity index (χ0v) is 12.2. The van der Waals surface area contributed by atoms with Crippen LogP contribution in [0.2, 0.25) is 0 Å². The lowest BCUT2D eigenvalue weighted by Crippen LogP contribution is -2.35. The Morgan fingerprint density at radius 3 is 2.63 bits per heavy atom. The van der Waals surface area contributed by atoms with E-state index in [2.05, 4.69) is 12.2 Å². The minimum Gasteiger partial charge on any atom is -0.494 e. The molecule has 0 bridgehead atoms. The summed E-state index contributed by atoms with van der Waals surface area (Å²) >= 11 is 0.